The molecule has 4 aromatic rings. The summed E-state index contributed by atoms with van der Waals surface area (Å²) in [6.45, 7) is 0. The number of nitrogens with zero attached hydrogens (tertiary/aromatic N) is 1. The molecule has 0 radical (unpaired) electrons. The van der Waals surface area contributed by atoms with E-state index in [1.807, 2.05) is 6.07 Å². The van der Waals surface area contributed by atoms with E-state index in [-0.39, 0.29) is 16.3 Å². The Labute approximate surface area is 172 Å². The van der Waals surface area contributed by atoms with Crippen molar-refractivity contribution in [1.82, 2.24) is 9.97 Å². The van der Waals surface area contributed by atoms with E-state index in [1.165, 1.54) is 18.2 Å². The zero-order chi connectivity index (χ0) is 21.1. The van der Waals surface area contributed by atoms with Crippen molar-refractivity contribution < 1.29 is 18.3 Å². The maximum Gasteiger partial charge on any atom is 0.336 e. The summed E-state index contributed by atoms with van der Waals surface area (Å²) in [5.41, 5.74) is 1.80. The number of aliphatic carboxylic acids is 1. The highest BCUT2D eigenvalue weighted by molar-refractivity contribution is 7.92. The van der Waals surface area contributed by atoms with Crippen LogP contribution in [0.25, 0.3) is 22.7 Å². The van der Waals surface area contributed by atoms with Crippen molar-refractivity contribution in [2.75, 3.05) is 4.72 Å². The predicted molar refractivity (Wildman–Crippen MR) is 115 cm³/mol. The van der Waals surface area contributed by atoms with Gasteiger partial charge < -0.3 is 10.1 Å². The summed E-state index contributed by atoms with van der Waals surface area (Å²) in [4.78, 5) is 19.1. The molecule has 2 aromatic carbocycles. The molecule has 2 aromatic heterocycles. The van der Waals surface area contributed by atoms with Crippen molar-refractivity contribution >= 4 is 44.5 Å². The van der Waals surface area contributed by atoms with Gasteiger partial charge in [0, 0.05) is 17.1 Å². The Kier molecular flexibility index (Phi) is 5.07. The Morgan fingerprint density at radius 3 is 2.30 bits per heavy atom. The van der Waals surface area contributed by atoms with Crippen LogP contribution in [0.5, 0.6) is 0 Å². The lowest BCUT2D eigenvalue weighted by Gasteiger charge is -2.07. The minimum Gasteiger partial charge on any atom is -0.478 e. The Bertz CT molecular complexity index is 1350. The number of sulfonamides is 1. The first-order valence-electron chi connectivity index (χ1n) is 9.00. The van der Waals surface area contributed by atoms with Gasteiger partial charge in [-0.05, 0) is 35.9 Å². The van der Waals surface area contributed by atoms with E-state index >= 15 is 0 Å². The Hall–Kier alpha value is -3.91. The second kappa shape index (κ2) is 7.84. The fourth-order valence-electron chi connectivity index (χ4n) is 3.04. The summed E-state index contributed by atoms with van der Waals surface area (Å²) in [5, 5.41) is 10.3. The first kappa shape index (κ1) is 19.4. The Morgan fingerprint density at radius 2 is 1.63 bits per heavy atom. The third kappa shape index (κ3) is 3.94. The number of anilines is 1. The van der Waals surface area contributed by atoms with Gasteiger partial charge in [0.05, 0.1) is 10.5 Å². The molecule has 0 fully saturated rings. The molecule has 4 rings (SSSR count). The van der Waals surface area contributed by atoms with Gasteiger partial charge >= 0.3 is 5.97 Å². The highest BCUT2D eigenvalue weighted by Gasteiger charge is 2.16. The average molecular weight is 419 g/mol. The lowest BCUT2D eigenvalue weighted by atomic mass is 10.0. The van der Waals surface area contributed by atoms with Crippen LogP contribution in [0.1, 0.15) is 11.1 Å². The number of hydrogen-bond donors (Lipinski definition) is 3. The van der Waals surface area contributed by atoms with Crippen LogP contribution in [0.15, 0.2) is 83.9 Å². The zero-order valence-corrected chi connectivity index (χ0v) is 16.4. The van der Waals surface area contributed by atoms with Crippen LogP contribution >= 0.6 is 0 Å². The van der Waals surface area contributed by atoms with Crippen LogP contribution in [0.2, 0.25) is 0 Å². The molecule has 2 heterocycles. The van der Waals surface area contributed by atoms with E-state index in [1.54, 1.807) is 60.8 Å². The number of aromatic nitrogens is 2. The number of fused-ring (bicyclic) bond motifs is 1. The van der Waals surface area contributed by atoms with Crippen molar-refractivity contribution in [3.63, 3.8) is 0 Å². The molecular weight excluding hydrogens is 402 g/mol. The van der Waals surface area contributed by atoms with E-state index < -0.39 is 16.0 Å². The number of rotatable bonds is 6. The molecule has 0 amide bonds. The Morgan fingerprint density at radius 1 is 0.967 bits per heavy atom. The van der Waals surface area contributed by atoms with Gasteiger partial charge in [0.2, 0.25) is 0 Å². The molecule has 0 unspecified atom stereocenters. The molecular formula is C22H17N3O4S. The van der Waals surface area contributed by atoms with Gasteiger partial charge in [-0.1, -0.05) is 48.5 Å². The normalized spacial score (nSPS) is 12.1. The average Bonchev–Trinajstić information content (AvgIpc) is 3.14. The molecule has 0 spiro atoms. The molecule has 0 aliphatic rings. The number of hydrogen-bond acceptors (Lipinski definition) is 4. The third-order valence-corrected chi connectivity index (χ3v) is 5.85. The molecule has 0 saturated carbocycles. The maximum absolute atomic E-state index is 12.5. The third-order valence-electron chi connectivity index (χ3n) is 4.48. The predicted octanol–water partition coefficient (Wildman–Crippen LogP) is 3.99. The van der Waals surface area contributed by atoms with E-state index in [9.17, 15) is 18.3 Å². The minimum absolute atomic E-state index is 0.135. The van der Waals surface area contributed by atoms with Crippen LogP contribution in [0.4, 0.5) is 5.82 Å². The molecule has 0 atom stereocenters. The van der Waals surface area contributed by atoms with Crippen LogP contribution in [0, 0.1) is 0 Å². The number of carboxylic acids is 1. The molecule has 0 aliphatic carbocycles. The molecule has 7 nitrogen and oxygen atoms in total. The quantitative estimate of drug-likeness (QED) is 0.409. The largest absolute Gasteiger partial charge is 0.478 e. The van der Waals surface area contributed by atoms with Crippen LogP contribution in [-0.4, -0.2) is 29.5 Å². The first-order chi connectivity index (χ1) is 14.4. The van der Waals surface area contributed by atoms with Crippen LogP contribution < -0.4 is 4.72 Å². The number of pyridine rings is 1. The summed E-state index contributed by atoms with van der Waals surface area (Å²) < 4.78 is 27.4. The summed E-state index contributed by atoms with van der Waals surface area (Å²) in [7, 11) is -3.76. The lowest BCUT2D eigenvalue weighted by molar-refractivity contribution is -0.130. The smallest absolute Gasteiger partial charge is 0.336 e. The molecule has 0 saturated heterocycles. The van der Waals surface area contributed by atoms with Crippen molar-refractivity contribution in [3.8, 4) is 0 Å². The summed E-state index contributed by atoms with van der Waals surface area (Å²) in [5.74, 6) is -0.888. The number of aromatic amines is 1. The van der Waals surface area contributed by atoms with Crippen molar-refractivity contribution in [2.24, 2.45) is 0 Å². The second-order valence-electron chi connectivity index (χ2n) is 6.48. The molecule has 150 valence electrons. The van der Waals surface area contributed by atoms with E-state index in [0.29, 0.717) is 22.2 Å². The highest BCUT2D eigenvalue weighted by Crippen LogP contribution is 2.25. The molecule has 3 N–H and O–H groups in total. The van der Waals surface area contributed by atoms with E-state index in [4.69, 9.17) is 0 Å². The summed E-state index contributed by atoms with van der Waals surface area (Å²) in [6, 6.07) is 20.0. The monoisotopic (exact) mass is 419 g/mol. The maximum atomic E-state index is 12.5. The lowest BCUT2D eigenvalue weighted by Crippen LogP contribution is -2.13. The van der Waals surface area contributed by atoms with Crippen LogP contribution in [-0.2, 0) is 14.8 Å². The fraction of sp³-hybridized carbons (Fsp3) is 0. The number of nitrogens with one attached hydrogen (secondary N) is 2. The van der Waals surface area contributed by atoms with Gasteiger partial charge in [0.25, 0.3) is 10.0 Å². The van der Waals surface area contributed by atoms with Crippen molar-refractivity contribution in [1.29, 1.82) is 0 Å². The van der Waals surface area contributed by atoms with Gasteiger partial charge in [-0.3, -0.25) is 4.72 Å². The van der Waals surface area contributed by atoms with E-state index in [2.05, 4.69) is 14.7 Å². The van der Waals surface area contributed by atoms with Crippen molar-refractivity contribution in [3.05, 3.63) is 90.1 Å². The summed E-state index contributed by atoms with van der Waals surface area (Å²) in [6.07, 6.45) is 3.20. The minimum atomic E-state index is -3.76. The van der Waals surface area contributed by atoms with Gasteiger partial charge in [0.1, 0.15) is 11.5 Å². The first-order valence-corrected chi connectivity index (χ1v) is 10.5. The number of carboxylic acid groups (broad SMARTS) is 1. The summed E-state index contributed by atoms with van der Waals surface area (Å²) >= 11 is 0. The topological polar surface area (TPSA) is 112 Å². The fourth-order valence-corrected chi connectivity index (χ4v) is 4.06. The second-order valence-corrected chi connectivity index (χ2v) is 8.17. The van der Waals surface area contributed by atoms with Crippen LogP contribution in [0.3, 0.4) is 0 Å². The number of H-pyrrole nitrogens is 1. The van der Waals surface area contributed by atoms with E-state index in [0.717, 1.165) is 0 Å². The number of carbonyl (C=O) groups is 1. The van der Waals surface area contributed by atoms with Gasteiger partial charge in [-0.25, -0.2) is 18.2 Å². The SMILES string of the molecule is O=C(O)C(=Cc1c[nH]c2nc(NS(=O)(=O)c3ccccc3)ccc12)c1ccccc1. The molecule has 8 heteroatoms. The van der Waals surface area contributed by atoms with Gasteiger partial charge in [-0.2, -0.15) is 0 Å². The van der Waals surface area contributed by atoms with Gasteiger partial charge in [-0.15, -0.1) is 0 Å². The molecule has 0 bridgehead atoms. The van der Waals surface area contributed by atoms with Gasteiger partial charge in [0.15, 0.2) is 0 Å². The highest BCUT2D eigenvalue weighted by atomic mass is 32.2. The zero-order valence-electron chi connectivity index (χ0n) is 15.6. The standard InChI is InChI=1S/C22H17N3O4S/c26-22(27)19(15-7-3-1-4-8-15)13-16-14-23-21-18(16)11-12-20(24-21)25-30(28,29)17-9-5-2-6-10-17/h1-14H,(H,26,27)(H2,23,24,25). The van der Waals surface area contributed by atoms with Crippen molar-refractivity contribution in [2.45, 2.75) is 4.90 Å². The Balaban J connectivity index is 1.68. The number of benzene rings is 2. The molecule has 30 heavy (non-hydrogen) atoms. The molecule has 0 aliphatic heterocycles.